The fraction of sp³-hybridized carbons (Fsp3) is 0.143. The van der Waals surface area contributed by atoms with Crippen molar-refractivity contribution in [1.29, 1.82) is 0 Å². The number of carbonyl (C=O) groups is 2. The molecule has 0 aromatic carbocycles. The highest BCUT2D eigenvalue weighted by molar-refractivity contribution is 6.37. The molecule has 0 atom stereocenters. The average Bonchev–Trinajstić information content (AvgIpc) is 2.05. The molecule has 0 radical (unpaired) electrons. The van der Waals surface area contributed by atoms with Crippen molar-refractivity contribution in [3.8, 4) is 0 Å². The third-order valence-corrected chi connectivity index (χ3v) is 1.06. The maximum atomic E-state index is 10.4. The number of aliphatic hydroxyl groups is 1. The molecule has 0 saturated carbocycles. The molecule has 0 aliphatic carbocycles. The zero-order valence-corrected chi connectivity index (χ0v) is 6.23. The van der Waals surface area contributed by atoms with Gasteiger partial charge in [0.25, 0.3) is 5.78 Å². The van der Waals surface area contributed by atoms with E-state index in [0.29, 0.717) is 6.26 Å². The largest absolute Gasteiger partial charge is 0.515 e. The fourth-order valence-corrected chi connectivity index (χ4v) is 0.418. The van der Waals surface area contributed by atoms with Crippen LogP contribution >= 0.6 is 0 Å². The Morgan fingerprint density at radius 3 is 2.25 bits per heavy atom. The molecule has 12 heavy (non-hydrogen) atoms. The Morgan fingerprint density at radius 1 is 1.33 bits per heavy atom. The summed E-state index contributed by atoms with van der Waals surface area (Å²) >= 11 is 0. The number of carboxylic acids is 1. The molecular weight excluding hydrogens is 162 g/mol. The van der Waals surface area contributed by atoms with Crippen molar-refractivity contribution in [2.45, 2.75) is 0 Å². The second kappa shape index (κ2) is 5.09. The van der Waals surface area contributed by atoms with Crippen molar-refractivity contribution in [2.24, 2.45) is 5.73 Å². The van der Waals surface area contributed by atoms with Gasteiger partial charge in [-0.15, -0.1) is 0 Å². The second-order valence-corrected chi connectivity index (χ2v) is 1.91. The first-order valence-corrected chi connectivity index (χ1v) is 3.10. The summed E-state index contributed by atoms with van der Waals surface area (Å²) in [5, 5.41) is 16.6. The zero-order valence-electron chi connectivity index (χ0n) is 6.23. The van der Waals surface area contributed by atoms with Crippen molar-refractivity contribution < 1.29 is 19.8 Å². The van der Waals surface area contributed by atoms with Crippen LogP contribution in [0.2, 0.25) is 0 Å². The lowest BCUT2D eigenvalue weighted by Crippen LogP contribution is -2.09. The minimum Gasteiger partial charge on any atom is -0.515 e. The number of carboxylic acid groups (broad SMARTS) is 1. The van der Waals surface area contributed by atoms with Crippen LogP contribution in [0.25, 0.3) is 0 Å². The Kier molecular flexibility index (Phi) is 4.40. The first kappa shape index (κ1) is 10.4. The van der Waals surface area contributed by atoms with E-state index >= 15 is 0 Å². The molecular formula is C7H9NO4. The topological polar surface area (TPSA) is 101 Å². The van der Waals surface area contributed by atoms with Gasteiger partial charge in [-0.2, -0.15) is 0 Å². The molecule has 0 aliphatic rings. The van der Waals surface area contributed by atoms with Crippen LogP contribution in [0.15, 0.2) is 24.0 Å². The minimum atomic E-state index is -1.54. The van der Waals surface area contributed by atoms with E-state index in [9.17, 15) is 9.59 Å². The molecule has 0 rings (SSSR count). The van der Waals surface area contributed by atoms with E-state index in [-0.39, 0.29) is 12.1 Å². The number of rotatable bonds is 4. The molecule has 0 bridgehead atoms. The second-order valence-electron chi connectivity index (χ2n) is 1.91. The first-order chi connectivity index (χ1) is 5.61. The molecule has 0 fully saturated rings. The maximum Gasteiger partial charge on any atom is 0.376 e. The van der Waals surface area contributed by atoms with Crippen LogP contribution < -0.4 is 5.73 Å². The summed E-state index contributed by atoms with van der Waals surface area (Å²) in [6, 6.07) is 0. The number of ketones is 1. The van der Waals surface area contributed by atoms with Gasteiger partial charge in [0.05, 0.1) is 6.26 Å². The van der Waals surface area contributed by atoms with Crippen LogP contribution in [-0.4, -0.2) is 28.5 Å². The smallest absolute Gasteiger partial charge is 0.376 e. The third kappa shape index (κ3) is 3.52. The molecule has 0 aromatic rings. The molecule has 0 saturated heterocycles. The number of aliphatic hydroxyl groups excluding tert-OH is 1. The van der Waals surface area contributed by atoms with E-state index in [0.717, 1.165) is 12.2 Å². The summed E-state index contributed by atoms with van der Waals surface area (Å²) in [7, 11) is 0. The van der Waals surface area contributed by atoms with Gasteiger partial charge in [0.15, 0.2) is 0 Å². The summed E-state index contributed by atoms with van der Waals surface area (Å²) in [6.07, 6.45) is 2.69. The van der Waals surface area contributed by atoms with Crippen molar-refractivity contribution >= 4 is 11.8 Å². The Bertz CT molecular complexity index is 238. The Balaban J connectivity index is 4.24. The Morgan fingerprint density at radius 2 is 1.92 bits per heavy atom. The van der Waals surface area contributed by atoms with Crippen LogP contribution in [-0.2, 0) is 9.59 Å². The normalized spacial score (nSPS) is 11.9. The van der Waals surface area contributed by atoms with E-state index in [4.69, 9.17) is 15.9 Å². The van der Waals surface area contributed by atoms with Crippen LogP contribution in [0, 0.1) is 0 Å². The van der Waals surface area contributed by atoms with Crippen LogP contribution in [0.3, 0.4) is 0 Å². The van der Waals surface area contributed by atoms with Gasteiger partial charge in [-0.25, -0.2) is 4.79 Å². The lowest BCUT2D eigenvalue weighted by Gasteiger charge is -1.91. The summed E-state index contributed by atoms with van der Waals surface area (Å²) in [5.74, 6) is -2.59. The average molecular weight is 171 g/mol. The van der Waals surface area contributed by atoms with Gasteiger partial charge in [-0.05, 0) is 6.08 Å². The number of carbonyl (C=O) groups excluding carboxylic acids is 1. The standard InChI is InChI=1S/C7H9NO4/c8-3-5(4-9)1-2-6(10)7(11)12/h1-2,4,9H,3,8H2,(H,11,12)/b2-1+,5-4+. The molecule has 0 unspecified atom stereocenters. The molecule has 5 heteroatoms. The number of hydrogen-bond donors (Lipinski definition) is 3. The van der Waals surface area contributed by atoms with E-state index in [1.54, 1.807) is 0 Å². The minimum absolute atomic E-state index is 0.0416. The highest BCUT2D eigenvalue weighted by atomic mass is 16.4. The van der Waals surface area contributed by atoms with E-state index < -0.39 is 11.8 Å². The van der Waals surface area contributed by atoms with Crippen molar-refractivity contribution in [3.63, 3.8) is 0 Å². The Hall–Kier alpha value is -1.62. The summed E-state index contributed by atoms with van der Waals surface area (Å²) in [4.78, 5) is 20.4. The maximum absolute atomic E-state index is 10.4. The van der Waals surface area contributed by atoms with Gasteiger partial charge in [0, 0.05) is 12.1 Å². The highest BCUT2D eigenvalue weighted by Gasteiger charge is 2.05. The number of nitrogens with two attached hydrogens (primary N) is 1. The summed E-state index contributed by atoms with van der Waals surface area (Å²) in [6.45, 7) is 0.0416. The van der Waals surface area contributed by atoms with Gasteiger partial charge in [-0.3, -0.25) is 4.79 Å². The van der Waals surface area contributed by atoms with Gasteiger partial charge < -0.3 is 15.9 Å². The van der Waals surface area contributed by atoms with Gasteiger partial charge in [0.2, 0.25) is 0 Å². The van der Waals surface area contributed by atoms with Crippen molar-refractivity contribution in [3.05, 3.63) is 24.0 Å². The molecule has 66 valence electrons. The lowest BCUT2D eigenvalue weighted by molar-refractivity contribution is -0.146. The van der Waals surface area contributed by atoms with Gasteiger partial charge >= 0.3 is 5.97 Å². The highest BCUT2D eigenvalue weighted by Crippen LogP contribution is 1.92. The van der Waals surface area contributed by atoms with Crippen LogP contribution in [0.4, 0.5) is 0 Å². The predicted octanol–water partition coefficient (Wildman–Crippen LogP) is -0.403. The first-order valence-electron chi connectivity index (χ1n) is 3.10. The monoisotopic (exact) mass is 171 g/mol. The zero-order chi connectivity index (χ0) is 9.56. The van der Waals surface area contributed by atoms with E-state index in [1.807, 2.05) is 0 Å². The molecule has 4 N–H and O–H groups in total. The lowest BCUT2D eigenvalue weighted by atomic mass is 10.2. The van der Waals surface area contributed by atoms with E-state index in [1.165, 1.54) is 0 Å². The fourth-order valence-electron chi connectivity index (χ4n) is 0.418. The summed E-state index contributed by atoms with van der Waals surface area (Å²) < 4.78 is 0. The Labute approximate surface area is 68.8 Å². The number of hydrogen-bond acceptors (Lipinski definition) is 4. The van der Waals surface area contributed by atoms with Gasteiger partial charge in [-0.1, -0.05) is 6.08 Å². The van der Waals surface area contributed by atoms with E-state index in [2.05, 4.69) is 0 Å². The molecule has 0 amide bonds. The SMILES string of the molecule is NCC(/C=C/C(=O)C(=O)O)=C/O. The molecule has 0 heterocycles. The molecule has 0 aliphatic heterocycles. The molecule has 5 nitrogen and oxygen atoms in total. The number of aliphatic carboxylic acids is 1. The van der Waals surface area contributed by atoms with Crippen LogP contribution in [0.5, 0.6) is 0 Å². The van der Waals surface area contributed by atoms with Crippen LogP contribution in [0.1, 0.15) is 0 Å². The van der Waals surface area contributed by atoms with Crippen molar-refractivity contribution in [1.82, 2.24) is 0 Å². The van der Waals surface area contributed by atoms with Crippen molar-refractivity contribution in [2.75, 3.05) is 6.54 Å². The summed E-state index contributed by atoms with van der Waals surface area (Å²) in [5.41, 5.74) is 5.39. The third-order valence-electron chi connectivity index (χ3n) is 1.06. The molecule has 0 spiro atoms. The molecule has 0 aromatic heterocycles. The quantitative estimate of drug-likeness (QED) is 0.231. The predicted molar refractivity (Wildman–Crippen MR) is 41.5 cm³/mol. The van der Waals surface area contributed by atoms with Gasteiger partial charge in [0.1, 0.15) is 0 Å².